The summed E-state index contributed by atoms with van der Waals surface area (Å²) in [5.41, 5.74) is 13.1. The van der Waals surface area contributed by atoms with Crippen molar-refractivity contribution in [2.45, 2.75) is 13.3 Å². The second-order valence-electron chi connectivity index (χ2n) is 8.70. The summed E-state index contributed by atoms with van der Waals surface area (Å²) in [6, 6.07) is 23.2. The number of anilines is 2. The Kier molecular flexibility index (Phi) is 4.20. The zero-order valence-electron chi connectivity index (χ0n) is 18.2. The molecule has 5 aromatic rings. The van der Waals surface area contributed by atoms with Gasteiger partial charge in [-0.05, 0) is 65.8 Å². The largest absolute Gasteiger partial charge is 0.507 e. The van der Waals surface area contributed by atoms with Crippen molar-refractivity contribution in [2.75, 3.05) is 17.2 Å². The molecule has 1 aromatic heterocycles. The highest BCUT2D eigenvalue weighted by Crippen LogP contribution is 2.41. The fraction of sp³-hybridized carbons (Fsp3) is 0.107. The number of aromatic nitrogens is 1. The molecule has 2 heterocycles. The van der Waals surface area contributed by atoms with E-state index < -0.39 is 0 Å². The topological polar surface area (TPSA) is 82.3 Å². The lowest BCUT2D eigenvalue weighted by Gasteiger charge is -2.19. The number of nitrogens with zero attached hydrogens (tertiary/aromatic N) is 1. The van der Waals surface area contributed by atoms with Crippen LogP contribution in [0.5, 0.6) is 5.75 Å². The Bertz CT molecular complexity index is 1560. The summed E-state index contributed by atoms with van der Waals surface area (Å²) < 4.78 is 0. The molecule has 1 amide bonds. The summed E-state index contributed by atoms with van der Waals surface area (Å²) in [6.07, 6.45) is 0.773. The van der Waals surface area contributed by atoms with E-state index in [1.165, 1.54) is 0 Å². The average Bonchev–Trinajstić information content (AvgIpc) is 3.43. The minimum atomic E-state index is -0.0633. The second kappa shape index (κ2) is 7.14. The lowest BCUT2D eigenvalue weighted by Crippen LogP contribution is -2.28. The van der Waals surface area contributed by atoms with E-state index in [4.69, 9.17) is 5.73 Å². The predicted molar refractivity (Wildman–Crippen MR) is 134 cm³/mol. The third kappa shape index (κ3) is 3.04. The van der Waals surface area contributed by atoms with Crippen molar-refractivity contribution in [2.24, 2.45) is 0 Å². The van der Waals surface area contributed by atoms with Gasteiger partial charge in [0.05, 0.1) is 5.69 Å². The quantitative estimate of drug-likeness (QED) is 0.308. The van der Waals surface area contributed by atoms with Crippen LogP contribution in [0.4, 0.5) is 11.4 Å². The molecule has 0 bridgehead atoms. The van der Waals surface area contributed by atoms with E-state index in [1.54, 1.807) is 11.0 Å². The van der Waals surface area contributed by atoms with Crippen LogP contribution in [0.3, 0.4) is 0 Å². The zero-order chi connectivity index (χ0) is 22.7. The molecule has 6 rings (SSSR count). The van der Waals surface area contributed by atoms with Crippen LogP contribution >= 0.6 is 0 Å². The van der Waals surface area contributed by atoms with E-state index in [1.807, 2.05) is 67.6 Å². The summed E-state index contributed by atoms with van der Waals surface area (Å²) in [5, 5.41) is 13.6. The first-order valence-corrected chi connectivity index (χ1v) is 11.0. The highest BCUT2D eigenvalue weighted by Gasteiger charge is 2.29. The van der Waals surface area contributed by atoms with E-state index in [2.05, 4.69) is 11.1 Å². The molecular formula is C28H23N3O2. The lowest BCUT2D eigenvalue weighted by molar-refractivity contribution is 0.0989. The molecule has 0 radical (unpaired) electrons. The van der Waals surface area contributed by atoms with Gasteiger partial charge in [-0.25, -0.2) is 0 Å². The van der Waals surface area contributed by atoms with Crippen LogP contribution < -0.4 is 10.6 Å². The molecule has 1 aliphatic rings. The standard InChI is InChI=1S/C28H23N3O2/c1-16-3-2-4-22-26(32)15-25-21(27(16)22)11-12-31(25)28(33)19-6-5-18-13-23(30-24(18)14-19)17-7-9-20(29)10-8-17/h2-10,13-15,30,32H,11-12,29H2,1H3. The minimum absolute atomic E-state index is 0.0633. The van der Waals surface area contributed by atoms with Crippen molar-refractivity contribution in [3.63, 3.8) is 0 Å². The number of nitrogens with two attached hydrogens (primary N) is 1. The third-order valence-corrected chi connectivity index (χ3v) is 6.65. The summed E-state index contributed by atoms with van der Waals surface area (Å²) in [5.74, 6) is 0.145. The molecule has 5 nitrogen and oxygen atoms in total. The first-order valence-electron chi connectivity index (χ1n) is 11.0. The molecule has 0 fully saturated rings. The highest BCUT2D eigenvalue weighted by molar-refractivity contribution is 6.11. The molecule has 4 N–H and O–H groups in total. The number of hydrogen-bond acceptors (Lipinski definition) is 3. The zero-order valence-corrected chi connectivity index (χ0v) is 18.2. The number of aromatic amines is 1. The number of hydrogen-bond donors (Lipinski definition) is 3. The molecule has 0 unspecified atom stereocenters. The van der Waals surface area contributed by atoms with Gasteiger partial charge >= 0.3 is 0 Å². The van der Waals surface area contributed by atoms with Gasteiger partial charge in [0.15, 0.2) is 0 Å². The van der Waals surface area contributed by atoms with Crippen LogP contribution in [0.1, 0.15) is 21.5 Å². The molecule has 162 valence electrons. The lowest BCUT2D eigenvalue weighted by atomic mass is 9.97. The number of fused-ring (bicyclic) bond motifs is 4. The molecule has 0 aliphatic carbocycles. The van der Waals surface area contributed by atoms with Crippen molar-refractivity contribution in [1.82, 2.24) is 4.98 Å². The number of aromatic hydroxyl groups is 1. The van der Waals surface area contributed by atoms with Crippen LogP contribution in [0.15, 0.2) is 72.8 Å². The Morgan fingerprint density at radius 3 is 2.67 bits per heavy atom. The first kappa shape index (κ1) is 19.4. The average molecular weight is 434 g/mol. The maximum absolute atomic E-state index is 13.5. The summed E-state index contributed by atoms with van der Waals surface area (Å²) >= 11 is 0. The van der Waals surface area contributed by atoms with Gasteiger partial charge in [0.25, 0.3) is 5.91 Å². The molecule has 5 heteroatoms. The van der Waals surface area contributed by atoms with Crippen molar-refractivity contribution in [3.8, 4) is 17.0 Å². The second-order valence-corrected chi connectivity index (χ2v) is 8.70. The minimum Gasteiger partial charge on any atom is -0.507 e. The van der Waals surface area contributed by atoms with Gasteiger partial charge in [-0.2, -0.15) is 0 Å². The number of nitrogen functional groups attached to an aromatic ring is 1. The monoisotopic (exact) mass is 433 g/mol. The number of carbonyl (C=O) groups is 1. The summed E-state index contributed by atoms with van der Waals surface area (Å²) in [6.45, 7) is 2.64. The molecule has 33 heavy (non-hydrogen) atoms. The first-order chi connectivity index (χ1) is 16.0. The predicted octanol–water partition coefficient (Wildman–Crippen LogP) is 5.79. The Morgan fingerprint density at radius 1 is 1.03 bits per heavy atom. The van der Waals surface area contributed by atoms with Crippen LogP contribution in [0, 0.1) is 6.92 Å². The number of carbonyl (C=O) groups excluding carboxylic acids is 1. The molecular weight excluding hydrogens is 410 g/mol. The van der Waals surface area contributed by atoms with Gasteiger partial charge in [-0.15, -0.1) is 0 Å². The van der Waals surface area contributed by atoms with Crippen molar-refractivity contribution in [1.29, 1.82) is 0 Å². The van der Waals surface area contributed by atoms with E-state index in [0.29, 0.717) is 12.1 Å². The molecule has 0 atom stereocenters. The van der Waals surface area contributed by atoms with Crippen molar-refractivity contribution < 1.29 is 9.90 Å². The third-order valence-electron chi connectivity index (χ3n) is 6.65. The fourth-order valence-corrected chi connectivity index (χ4v) is 4.99. The maximum Gasteiger partial charge on any atom is 0.258 e. The number of H-pyrrole nitrogens is 1. The smallest absolute Gasteiger partial charge is 0.258 e. The van der Waals surface area contributed by atoms with E-state index >= 15 is 0 Å². The highest BCUT2D eigenvalue weighted by atomic mass is 16.3. The summed E-state index contributed by atoms with van der Waals surface area (Å²) in [7, 11) is 0. The normalized spacial score (nSPS) is 13.1. The Labute approximate surface area is 191 Å². The van der Waals surface area contributed by atoms with E-state index in [-0.39, 0.29) is 11.7 Å². The van der Waals surface area contributed by atoms with Gasteiger partial charge < -0.3 is 20.7 Å². The molecule has 1 aliphatic heterocycles. The number of amides is 1. The number of benzene rings is 4. The van der Waals surface area contributed by atoms with Gasteiger partial charge in [-0.3, -0.25) is 4.79 Å². The van der Waals surface area contributed by atoms with Crippen LogP contribution in [0.2, 0.25) is 0 Å². The number of nitrogens with one attached hydrogen (secondary N) is 1. The van der Waals surface area contributed by atoms with Gasteiger partial charge in [0.1, 0.15) is 5.75 Å². The number of aryl methyl sites for hydroxylation is 1. The molecule has 4 aromatic carbocycles. The van der Waals surface area contributed by atoms with Gasteiger partial charge in [0.2, 0.25) is 0 Å². The van der Waals surface area contributed by atoms with Gasteiger partial charge in [0, 0.05) is 45.8 Å². The Hall–Kier alpha value is -4.25. The van der Waals surface area contributed by atoms with E-state index in [9.17, 15) is 9.90 Å². The van der Waals surface area contributed by atoms with E-state index in [0.717, 1.165) is 61.9 Å². The molecule has 0 spiro atoms. The molecule has 0 saturated heterocycles. The van der Waals surface area contributed by atoms with Crippen LogP contribution in [0.25, 0.3) is 32.9 Å². The van der Waals surface area contributed by atoms with Crippen LogP contribution in [-0.2, 0) is 6.42 Å². The SMILES string of the molecule is Cc1cccc2c(O)cc3c(c12)CCN3C(=O)c1ccc2cc(-c3ccc(N)cc3)[nH]c2c1. The molecule has 0 saturated carbocycles. The Balaban J connectivity index is 1.39. The van der Waals surface area contributed by atoms with Crippen molar-refractivity contribution in [3.05, 3.63) is 89.5 Å². The Morgan fingerprint density at radius 2 is 1.85 bits per heavy atom. The number of phenolic OH excluding ortho intramolecular Hbond substituents is 1. The number of phenols is 1. The van der Waals surface area contributed by atoms with Gasteiger partial charge in [-0.1, -0.05) is 36.4 Å². The number of rotatable bonds is 2. The van der Waals surface area contributed by atoms with Crippen molar-refractivity contribution >= 4 is 39.0 Å². The maximum atomic E-state index is 13.5. The van der Waals surface area contributed by atoms with Crippen LogP contribution in [-0.4, -0.2) is 22.5 Å². The fourth-order valence-electron chi connectivity index (χ4n) is 4.99. The summed E-state index contributed by atoms with van der Waals surface area (Å²) in [4.78, 5) is 18.7.